The van der Waals surface area contributed by atoms with E-state index >= 15 is 0 Å². The van der Waals surface area contributed by atoms with Crippen LogP contribution in [0.15, 0.2) is 72.5 Å². The first-order valence-electron chi connectivity index (χ1n) is 8.72. The molecule has 3 rings (SSSR count). The number of para-hydroxylation sites is 2. The summed E-state index contributed by atoms with van der Waals surface area (Å²) in [7, 11) is -3.83. The van der Waals surface area contributed by atoms with E-state index in [1.807, 2.05) is 18.2 Å². The van der Waals surface area contributed by atoms with Crippen molar-refractivity contribution >= 4 is 19.4 Å². The predicted molar refractivity (Wildman–Crippen MR) is 104 cm³/mol. The summed E-state index contributed by atoms with van der Waals surface area (Å²) >= 11 is 5.71. The summed E-state index contributed by atoms with van der Waals surface area (Å²) in [6.07, 6.45) is 5.88. The van der Waals surface area contributed by atoms with Gasteiger partial charge in [-0.25, -0.2) is 0 Å². The van der Waals surface area contributed by atoms with Gasteiger partial charge in [0.15, 0.2) is 0 Å². The number of phosphoric ester groups is 1. The van der Waals surface area contributed by atoms with E-state index in [9.17, 15) is 4.57 Å². The van der Waals surface area contributed by atoms with Crippen LogP contribution in [0.4, 0.5) is 0 Å². The minimum atomic E-state index is -3.83. The Hall–Kier alpha value is -1.90. The van der Waals surface area contributed by atoms with E-state index in [1.54, 1.807) is 48.5 Å². The Kier molecular flexibility index (Phi) is 6.65. The maximum Gasteiger partial charge on any atom is 0.646 e. The Labute approximate surface area is 159 Å². The second-order valence-corrected chi connectivity index (χ2v) is 7.95. The summed E-state index contributed by atoms with van der Waals surface area (Å²) in [5.41, 5.74) is 0. The summed E-state index contributed by atoms with van der Waals surface area (Å²) in [4.78, 5) is 0. The molecule has 0 radical (unpaired) electrons. The number of allylic oxidation sites excluding steroid dienone is 2. The molecular weight excluding hydrogens is 371 g/mol. The predicted octanol–water partition coefficient (Wildman–Crippen LogP) is 6.58. The third kappa shape index (κ3) is 5.55. The van der Waals surface area contributed by atoms with E-state index in [1.165, 1.54) is 0 Å². The lowest BCUT2D eigenvalue weighted by atomic mass is 9.88. The summed E-state index contributed by atoms with van der Waals surface area (Å²) < 4.78 is 30.1. The highest BCUT2D eigenvalue weighted by molar-refractivity contribution is 7.49. The lowest BCUT2D eigenvalue weighted by Gasteiger charge is -2.28. The zero-order chi connectivity index (χ0) is 18.2. The molecule has 0 saturated carbocycles. The average molecular weight is 393 g/mol. The van der Waals surface area contributed by atoms with Crippen LogP contribution in [0.5, 0.6) is 11.5 Å². The zero-order valence-corrected chi connectivity index (χ0v) is 16.1. The minimum absolute atomic E-state index is 0.436. The van der Waals surface area contributed by atoms with Crippen LogP contribution in [0, 0.1) is 5.92 Å². The van der Waals surface area contributed by atoms with Gasteiger partial charge in [-0.05, 0) is 49.1 Å². The van der Waals surface area contributed by atoms with Crippen LogP contribution in [0.25, 0.3) is 0 Å². The van der Waals surface area contributed by atoms with Gasteiger partial charge in [0.05, 0.1) is 0 Å². The zero-order valence-electron chi connectivity index (χ0n) is 14.4. The molecule has 6 heteroatoms. The number of hydrogen-bond acceptors (Lipinski definition) is 4. The number of unbranched alkanes of at least 4 members (excludes halogenated alkanes) is 1. The monoisotopic (exact) mass is 392 g/mol. The average Bonchev–Trinajstić information content (AvgIpc) is 2.61. The standard InChI is InChI=1S/C20H22ClO4P/c21-14-8-7-9-17-15-20(16-17)25-26(22,23-18-10-3-1-4-11-18)24-19-12-5-2-6-13-19/h1-6,10-13,15,17H,7-9,14,16H2/t17-/m0/s1. The van der Waals surface area contributed by atoms with Crippen molar-refractivity contribution < 1.29 is 18.1 Å². The van der Waals surface area contributed by atoms with Crippen molar-refractivity contribution in [3.8, 4) is 11.5 Å². The Morgan fingerprint density at radius 3 is 1.92 bits per heavy atom. The first-order valence-corrected chi connectivity index (χ1v) is 10.7. The van der Waals surface area contributed by atoms with E-state index in [2.05, 4.69) is 0 Å². The highest BCUT2D eigenvalue weighted by atomic mass is 35.5. The van der Waals surface area contributed by atoms with Gasteiger partial charge in [-0.3, -0.25) is 0 Å². The molecule has 0 aliphatic heterocycles. The Morgan fingerprint density at radius 2 is 1.42 bits per heavy atom. The Balaban J connectivity index is 1.67. The molecule has 0 spiro atoms. The quantitative estimate of drug-likeness (QED) is 0.260. The molecule has 0 amide bonds. The fourth-order valence-electron chi connectivity index (χ4n) is 2.66. The third-order valence-electron chi connectivity index (χ3n) is 3.99. The molecule has 0 unspecified atom stereocenters. The van der Waals surface area contributed by atoms with Crippen molar-refractivity contribution in [2.24, 2.45) is 5.92 Å². The van der Waals surface area contributed by atoms with Crippen LogP contribution in [0.3, 0.4) is 0 Å². The maximum atomic E-state index is 13.2. The van der Waals surface area contributed by atoms with Crippen molar-refractivity contribution in [2.75, 3.05) is 5.88 Å². The molecule has 0 aromatic heterocycles. The van der Waals surface area contributed by atoms with Crippen molar-refractivity contribution in [3.63, 3.8) is 0 Å². The minimum Gasteiger partial charge on any atom is -0.391 e. The fourth-order valence-corrected chi connectivity index (χ4v) is 4.15. The van der Waals surface area contributed by atoms with Crippen LogP contribution in [0.2, 0.25) is 0 Å². The van der Waals surface area contributed by atoms with Gasteiger partial charge in [0.2, 0.25) is 0 Å². The molecule has 1 aliphatic rings. The number of rotatable bonds is 10. The van der Waals surface area contributed by atoms with E-state index in [0.717, 1.165) is 25.7 Å². The highest BCUT2D eigenvalue weighted by Gasteiger charge is 2.36. The SMILES string of the molecule is O=P(OC1=C[C@H](CCCCCl)C1)(Oc1ccccc1)Oc1ccccc1. The van der Waals surface area contributed by atoms with Crippen molar-refractivity contribution in [3.05, 3.63) is 72.5 Å². The molecule has 0 fully saturated rings. The van der Waals surface area contributed by atoms with Gasteiger partial charge >= 0.3 is 7.82 Å². The first-order chi connectivity index (χ1) is 12.7. The van der Waals surface area contributed by atoms with Gasteiger partial charge in [0.25, 0.3) is 0 Å². The normalized spacial score (nSPS) is 16.3. The summed E-state index contributed by atoms with van der Waals surface area (Å²) in [6.45, 7) is 0. The molecule has 26 heavy (non-hydrogen) atoms. The lowest BCUT2D eigenvalue weighted by molar-refractivity contribution is 0.229. The topological polar surface area (TPSA) is 44.8 Å². The first kappa shape index (κ1) is 18.9. The molecule has 0 saturated heterocycles. The fraction of sp³-hybridized carbons (Fsp3) is 0.300. The second-order valence-electron chi connectivity index (χ2n) is 6.13. The molecular formula is C20H22ClO4P. The van der Waals surface area contributed by atoms with Gasteiger partial charge in [-0.15, -0.1) is 11.6 Å². The summed E-state index contributed by atoms with van der Waals surface area (Å²) in [5, 5.41) is 0. The van der Waals surface area contributed by atoms with Crippen LogP contribution in [-0.2, 0) is 9.09 Å². The van der Waals surface area contributed by atoms with E-state index in [0.29, 0.717) is 29.1 Å². The molecule has 2 aromatic carbocycles. The van der Waals surface area contributed by atoms with Gasteiger partial charge in [0, 0.05) is 12.3 Å². The van der Waals surface area contributed by atoms with E-state index in [-0.39, 0.29) is 0 Å². The molecule has 0 N–H and O–H groups in total. The molecule has 2 aromatic rings. The van der Waals surface area contributed by atoms with Gasteiger partial charge in [-0.2, -0.15) is 4.57 Å². The van der Waals surface area contributed by atoms with E-state index < -0.39 is 7.82 Å². The van der Waals surface area contributed by atoms with Gasteiger partial charge in [-0.1, -0.05) is 42.8 Å². The molecule has 138 valence electrons. The van der Waals surface area contributed by atoms with Crippen molar-refractivity contribution in [2.45, 2.75) is 25.7 Å². The van der Waals surface area contributed by atoms with Gasteiger partial charge < -0.3 is 13.6 Å². The molecule has 0 bridgehead atoms. The Morgan fingerprint density at radius 1 is 0.885 bits per heavy atom. The second kappa shape index (κ2) is 9.16. The van der Waals surface area contributed by atoms with Gasteiger partial charge in [0.1, 0.15) is 17.3 Å². The number of hydrogen-bond donors (Lipinski definition) is 0. The largest absolute Gasteiger partial charge is 0.646 e. The molecule has 0 heterocycles. The van der Waals surface area contributed by atoms with Crippen LogP contribution >= 0.6 is 19.4 Å². The van der Waals surface area contributed by atoms with Crippen LogP contribution < -0.4 is 9.05 Å². The number of benzene rings is 2. The number of halogens is 1. The number of alkyl halides is 1. The summed E-state index contributed by atoms with van der Waals surface area (Å²) in [5.74, 6) is 2.65. The lowest BCUT2D eigenvalue weighted by Crippen LogP contribution is -2.14. The molecule has 4 nitrogen and oxygen atoms in total. The van der Waals surface area contributed by atoms with Crippen molar-refractivity contribution in [1.82, 2.24) is 0 Å². The maximum absolute atomic E-state index is 13.2. The van der Waals surface area contributed by atoms with Crippen molar-refractivity contribution in [1.29, 1.82) is 0 Å². The molecule has 1 aliphatic carbocycles. The third-order valence-corrected chi connectivity index (χ3v) is 5.59. The highest BCUT2D eigenvalue weighted by Crippen LogP contribution is 2.53. The van der Waals surface area contributed by atoms with Crippen LogP contribution in [0.1, 0.15) is 25.7 Å². The Bertz CT molecular complexity index is 718. The summed E-state index contributed by atoms with van der Waals surface area (Å²) in [6, 6.07) is 17.8. The molecule has 1 atom stereocenters. The van der Waals surface area contributed by atoms with Crippen LogP contribution in [-0.4, -0.2) is 5.88 Å². The number of phosphoric acid groups is 1. The smallest absolute Gasteiger partial charge is 0.391 e. The van der Waals surface area contributed by atoms with E-state index in [4.69, 9.17) is 25.2 Å².